The smallest absolute Gasteiger partial charge is 0.224 e. The number of thiazole rings is 1. The number of carbonyl (C=O) groups is 1. The zero-order valence-corrected chi connectivity index (χ0v) is 11.6. The summed E-state index contributed by atoms with van der Waals surface area (Å²) >= 11 is 1.40. The van der Waals surface area contributed by atoms with Gasteiger partial charge in [-0.3, -0.25) is 10.2 Å². The Hall–Kier alpha value is -1.86. The minimum Gasteiger partial charge on any atom is -0.494 e. The van der Waals surface area contributed by atoms with Crippen LogP contribution in [0.2, 0.25) is 0 Å². The van der Waals surface area contributed by atoms with Crippen LogP contribution in [-0.4, -0.2) is 18.0 Å². The van der Waals surface area contributed by atoms with Crippen molar-refractivity contribution < 1.29 is 9.53 Å². The molecule has 0 fully saturated rings. The van der Waals surface area contributed by atoms with E-state index in [9.17, 15) is 4.79 Å². The number of ether oxygens (including phenoxy) is 1. The van der Waals surface area contributed by atoms with Gasteiger partial charge in [-0.1, -0.05) is 18.3 Å². The van der Waals surface area contributed by atoms with Crippen molar-refractivity contribution in [3.05, 3.63) is 12.1 Å². The summed E-state index contributed by atoms with van der Waals surface area (Å²) in [4.78, 5) is 15.9. The van der Waals surface area contributed by atoms with Crippen LogP contribution in [0.15, 0.2) is 12.1 Å². The van der Waals surface area contributed by atoms with Crippen molar-refractivity contribution in [2.75, 3.05) is 17.9 Å². The lowest BCUT2D eigenvalue weighted by molar-refractivity contribution is -0.116. The minimum atomic E-state index is -0.00871. The number of carbonyl (C=O) groups excluding carboxylic acids is 1. The number of nitrogens with two attached hydrogens (primary N) is 1. The predicted octanol–water partition coefficient (Wildman–Crippen LogP) is 2.33. The van der Waals surface area contributed by atoms with Gasteiger partial charge in [-0.2, -0.15) is 0 Å². The number of anilines is 2. The van der Waals surface area contributed by atoms with Gasteiger partial charge in [0.2, 0.25) is 5.91 Å². The van der Waals surface area contributed by atoms with Gasteiger partial charge < -0.3 is 10.1 Å². The van der Waals surface area contributed by atoms with Crippen LogP contribution in [0.1, 0.15) is 19.8 Å². The summed E-state index contributed by atoms with van der Waals surface area (Å²) in [5.41, 5.74) is 3.95. The van der Waals surface area contributed by atoms with Crippen LogP contribution >= 0.6 is 11.3 Å². The zero-order valence-electron chi connectivity index (χ0n) is 10.8. The molecule has 2 aromatic rings. The predicted molar refractivity (Wildman–Crippen MR) is 77.5 cm³/mol. The second-order valence-corrected chi connectivity index (χ2v) is 5.02. The molecule has 7 heteroatoms. The van der Waals surface area contributed by atoms with Crippen molar-refractivity contribution in [2.24, 2.45) is 5.84 Å². The molecule has 1 heterocycles. The molecule has 0 aliphatic rings. The van der Waals surface area contributed by atoms with E-state index in [2.05, 4.69) is 15.7 Å². The van der Waals surface area contributed by atoms with Crippen molar-refractivity contribution in [1.82, 2.24) is 4.98 Å². The summed E-state index contributed by atoms with van der Waals surface area (Å²) in [6.45, 7) is 1.96. The Balaban J connectivity index is 2.38. The highest BCUT2D eigenvalue weighted by Crippen LogP contribution is 2.35. The van der Waals surface area contributed by atoms with Crippen LogP contribution in [0.3, 0.4) is 0 Å². The fraction of sp³-hybridized carbons (Fsp3) is 0.333. The molecule has 1 aromatic heterocycles. The molecule has 0 unspecified atom stereocenters. The number of nitrogen functional groups attached to an aromatic ring is 1. The molecule has 19 heavy (non-hydrogen) atoms. The first kappa shape index (κ1) is 13.6. The van der Waals surface area contributed by atoms with Crippen LogP contribution in [0.25, 0.3) is 10.2 Å². The lowest BCUT2D eigenvalue weighted by atomic mass is 10.2. The van der Waals surface area contributed by atoms with Crippen molar-refractivity contribution in [1.29, 1.82) is 0 Å². The van der Waals surface area contributed by atoms with Crippen LogP contribution < -0.4 is 21.3 Å². The number of rotatable bonds is 5. The normalized spacial score (nSPS) is 10.5. The van der Waals surface area contributed by atoms with Gasteiger partial charge in [0.25, 0.3) is 0 Å². The van der Waals surface area contributed by atoms with Crippen molar-refractivity contribution in [2.45, 2.75) is 19.8 Å². The van der Waals surface area contributed by atoms with E-state index in [4.69, 9.17) is 10.6 Å². The van der Waals surface area contributed by atoms with Gasteiger partial charge in [0.05, 0.1) is 11.8 Å². The van der Waals surface area contributed by atoms with Gasteiger partial charge in [-0.25, -0.2) is 10.8 Å². The van der Waals surface area contributed by atoms with Gasteiger partial charge in [0, 0.05) is 18.2 Å². The molecule has 0 atom stereocenters. The topological polar surface area (TPSA) is 89.3 Å². The fourth-order valence-corrected chi connectivity index (χ4v) is 2.57. The lowest BCUT2D eigenvalue weighted by Gasteiger charge is -2.07. The monoisotopic (exact) mass is 280 g/mol. The fourth-order valence-electron chi connectivity index (χ4n) is 1.74. The summed E-state index contributed by atoms with van der Waals surface area (Å²) in [5, 5.41) is 3.45. The van der Waals surface area contributed by atoms with Crippen LogP contribution in [0, 0.1) is 0 Å². The summed E-state index contributed by atoms with van der Waals surface area (Å²) in [5.74, 6) is 5.96. The molecule has 0 saturated heterocycles. The molecule has 0 aliphatic carbocycles. The molecule has 0 aliphatic heterocycles. The van der Waals surface area contributed by atoms with Gasteiger partial charge in [0.1, 0.15) is 11.3 Å². The summed E-state index contributed by atoms with van der Waals surface area (Å²) in [7, 11) is 1.57. The second-order valence-electron chi connectivity index (χ2n) is 3.99. The van der Waals surface area contributed by atoms with Crippen LogP contribution in [0.4, 0.5) is 10.8 Å². The summed E-state index contributed by atoms with van der Waals surface area (Å²) in [6.07, 6.45) is 1.31. The molecule has 102 valence electrons. The second kappa shape index (κ2) is 5.85. The SMILES string of the molecule is CCCC(=O)Nc1cc(OC)c2nc(NN)sc2c1. The highest BCUT2D eigenvalue weighted by atomic mass is 32.1. The summed E-state index contributed by atoms with van der Waals surface area (Å²) < 4.78 is 6.19. The third-order valence-corrected chi connectivity index (χ3v) is 3.50. The molecule has 1 aromatic carbocycles. The highest BCUT2D eigenvalue weighted by molar-refractivity contribution is 7.22. The lowest BCUT2D eigenvalue weighted by Crippen LogP contribution is -2.10. The van der Waals surface area contributed by atoms with E-state index < -0.39 is 0 Å². The number of methoxy groups -OCH3 is 1. The molecule has 1 amide bonds. The maximum atomic E-state index is 11.6. The molecular weight excluding hydrogens is 264 g/mol. The van der Waals surface area contributed by atoms with Crippen molar-refractivity contribution in [3.63, 3.8) is 0 Å². The number of hydrogen-bond donors (Lipinski definition) is 3. The molecule has 0 radical (unpaired) electrons. The molecular formula is C12H16N4O2S. The van der Waals surface area contributed by atoms with E-state index in [1.165, 1.54) is 11.3 Å². The largest absolute Gasteiger partial charge is 0.494 e. The van der Waals surface area contributed by atoms with E-state index in [1.54, 1.807) is 13.2 Å². The molecule has 6 nitrogen and oxygen atoms in total. The first-order chi connectivity index (χ1) is 9.17. The number of nitrogens with zero attached hydrogens (tertiary/aromatic N) is 1. The van der Waals surface area contributed by atoms with Crippen LogP contribution in [0.5, 0.6) is 5.75 Å². The third-order valence-electron chi connectivity index (χ3n) is 2.56. The van der Waals surface area contributed by atoms with Crippen molar-refractivity contribution >= 4 is 38.3 Å². The Labute approximate surface area is 114 Å². The standard InChI is InChI=1S/C12H16N4O2S/c1-3-4-10(17)14-7-5-8(18-2)11-9(6-7)19-12(15-11)16-13/h5-6H,3-4,13H2,1-2H3,(H,14,17)(H,15,16). The van der Waals surface area contributed by atoms with E-state index >= 15 is 0 Å². The Morgan fingerprint density at radius 2 is 2.32 bits per heavy atom. The first-order valence-electron chi connectivity index (χ1n) is 5.93. The number of hydrogen-bond acceptors (Lipinski definition) is 6. The Morgan fingerprint density at radius 1 is 1.53 bits per heavy atom. The minimum absolute atomic E-state index is 0.00871. The van der Waals surface area contributed by atoms with E-state index in [1.807, 2.05) is 13.0 Å². The third kappa shape index (κ3) is 2.94. The quantitative estimate of drug-likeness (QED) is 0.578. The van der Waals surface area contributed by atoms with E-state index in [0.717, 1.165) is 16.6 Å². The first-order valence-corrected chi connectivity index (χ1v) is 6.74. The number of amides is 1. The average Bonchev–Trinajstić information content (AvgIpc) is 2.81. The molecule has 4 N–H and O–H groups in total. The Morgan fingerprint density at radius 3 is 2.95 bits per heavy atom. The Bertz CT molecular complexity index is 597. The number of aromatic nitrogens is 1. The number of hydrazine groups is 1. The molecule has 0 saturated carbocycles. The number of benzene rings is 1. The number of nitrogens with one attached hydrogen (secondary N) is 2. The van der Waals surface area contributed by atoms with E-state index in [-0.39, 0.29) is 5.91 Å². The highest BCUT2D eigenvalue weighted by Gasteiger charge is 2.11. The Kier molecular flexibility index (Phi) is 4.18. The maximum absolute atomic E-state index is 11.6. The maximum Gasteiger partial charge on any atom is 0.224 e. The zero-order chi connectivity index (χ0) is 13.8. The molecule has 0 spiro atoms. The van der Waals surface area contributed by atoms with Gasteiger partial charge in [0.15, 0.2) is 5.13 Å². The number of fused-ring (bicyclic) bond motifs is 1. The van der Waals surface area contributed by atoms with E-state index in [0.29, 0.717) is 23.0 Å². The van der Waals surface area contributed by atoms with Crippen LogP contribution in [-0.2, 0) is 4.79 Å². The van der Waals surface area contributed by atoms with Crippen molar-refractivity contribution in [3.8, 4) is 5.75 Å². The molecule has 2 rings (SSSR count). The summed E-state index contributed by atoms with van der Waals surface area (Å²) in [6, 6.07) is 3.62. The van der Waals surface area contributed by atoms with Gasteiger partial charge in [-0.15, -0.1) is 0 Å². The van der Waals surface area contributed by atoms with Gasteiger partial charge in [-0.05, 0) is 12.5 Å². The average molecular weight is 280 g/mol. The van der Waals surface area contributed by atoms with Gasteiger partial charge >= 0.3 is 0 Å². The molecule has 0 bridgehead atoms.